The molecule has 6 nitrogen and oxygen atoms in total. The SMILES string of the molecule is CC1(C)OC[C@]2(OC[C@@H](OCc3ccccc3)[C@H]3OCc4ccccc4CO[C@@H]32)O1. The smallest absolute Gasteiger partial charge is 0.224 e. The number of hydrogen-bond donors (Lipinski definition) is 0. The van der Waals surface area contributed by atoms with Crippen molar-refractivity contribution in [3.63, 3.8) is 0 Å². The lowest BCUT2D eigenvalue weighted by Gasteiger charge is -2.47. The maximum absolute atomic E-state index is 6.40. The molecule has 2 saturated heterocycles. The van der Waals surface area contributed by atoms with Crippen LogP contribution in [-0.2, 0) is 48.2 Å². The number of benzene rings is 2. The second-order valence-electron chi connectivity index (χ2n) is 8.52. The van der Waals surface area contributed by atoms with E-state index in [4.69, 9.17) is 28.4 Å². The summed E-state index contributed by atoms with van der Waals surface area (Å²) in [5.74, 6) is -1.75. The Kier molecular flexibility index (Phi) is 5.39. The van der Waals surface area contributed by atoms with Gasteiger partial charge < -0.3 is 28.4 Å². The van der Waals surface area contributed by atoms with Crippen LogP contribution in [0.25, 0.3) is 0 Å². The maximum atomic E-state index is 6.40. The van der Waals surface area contributed by atoms with E-state index in [1.807, 2.05) is 56.3 Å². The quantitative estimate of drug-likeness (QED) is 0.768. The average molecular weight is 412 g/mol. The predicted molar refractivity (Wildman–Crippen MR) is 108 cm³/mol. The zero-order valence-corrected chi connectivity index (χ0v) is 17.4. The molecule has 6 heteroatoms. The van der Waals surface area contributed by atoms with Crippen LogP contribution in [0.3, 0.4) is 0 Å². The van der Waals surface area contributed by atoms with Crippen LogP contribution in [-0.4, -0.2) is 43.1 Å². The van der Waals surface area contributed by atoms with Gasteiger partial charge in [0, 0.05) is 0 Å². The van der Waals surface area contributed by atoms with Gasteiger partial charge in [0.2, 0.25) is 5.79 Å². The van der Waals surface area contributed by atoms with Gasteiger partial charge in [-0.3, -0.25) is 0 Å². The van der Waals surface area contributed by atoms with E-state index < -0.39 is 17.7 Å². The molecule has 2 fully saturated rings. The molecule has 0 amide bonds. The largest absolute Gasteiger partial charge is 0.368 e. The van der Waals surface area contributed by atoms with Crippen molar-refractivity contribution >= 4 is 0 Å². The molecular weight excluding hydrogens is 384 g/mol. The van der Waals surface area contributed by atoms with Crippen LogP contribution in [0, 0.1) is 0 Å². The fourth-order valence-electron chi connectivity index (χ4n) is 4.35. The van der Waals surface area contributed by atoms with Crippen molar-refractivity contribution < 1.29 is 28.4 Å². The molecule has 0 unspecified atom stereocenters. The summed E-state index contributed by atoms with van der Waals surface area (Å²) in [6, 6.07) is 18.3. The fraction of sp³-hybridized carbons (Fsp3) is 0.500. The van der Waals surface area contributed by atoms with Gasteiger partial charge in [0.25, 0.3) is 0 Å². The Morgan fingerprint density at radius 3 is 2.30 bits per heavy atom. The van der Waals surface area contributed by atoms with E-state index in [1.54, 1.807) is 0 Å². The molecule has 0 aromatic heterocycles. The third kappa shape index (κ3) is 3.91. The van der Waals surface area contributed by atoms with E-state index in [0.29, 0.717) is 26.4 Å². The molecule has 160 valence electrons. The first-order valence-corrected chi connectivity index (χ1v) is 10.5. The molecule has 0 N–H and O–H groups in total. The van der Waals surface area contributed by atoms with Gasteiger partial charge in [-0.25, -0.2) is 0 Å². The van der Waals surface area contributed by atoms with Crippen molar-refractivity contribution in [1.82, 2.24) is 0 Å². The predicted octanol–water partition coefficient (Wildman–Crippen LogP) is 3.57. The molecule has 5 rings (SSSR count). The lowest BCUT2D eigenvalue weighted by Crippen LogP contribution is -2.64. The summed E-state index contributed by atoms with van der Waals surface area (Å²) in [5, 5.41) is 0. The minimum atomic E-state index is -1.01. The molecule has 30 heavy (non-hydrogen) atoms. The average Bonchev–Trinajstić information content (AvgIpc) is 3.05. The Morgan fingerprint density at radius 2 is 1.60 bits per heavy atom. The molecule has 0 saturated carbocycles. The lowest BCUT2D eigenvalue weighted by molar-refractivity contribution is -0.357. The molecule has 4 atom stereocenters. The Hall–Kier alpha value is -1.80. The first-order chi connectivity index (χ1) is 14.5. The zero-order valence-electron chi connectivity index (χ0n) is 17.4. The second-order valence-corrected chi connectivity index (χ2v) is 8.52. The van der Waals surface area contributed by atoms with Gasteiger partial charge in [-0.05, 0) is 30.5 Å². The minimum absolute atomic E-state index is 0.279. The number of fused-ring (bicyclic) bond motifs is 3. The van der Waals surface area contributed by atoms with Crippen molar-refractivity contribution in [2.75, 3.05) is 13.2 Å². The van der Waals surface area contributed by atoms with Gasteiger partial charge in [0.15, 0.2) is 5.79 Å². The van der Waals surface area contributed by atoms with E-state index in [-0.39, 0.29) is 18.8 Å². The normalized spacial score (nSPS) is 32.8. The molecule has 0 bridgehead atoms. The van der Waals surface area contributed by atoms with Crippen molar-refractivity contribution in [3.05, 3.63) is 71.3 Å². The summed E-state index contributed by atoms with van der Waals surface area (Å²) in [6.07, 6.45) is -1.09. The third-order valence-electron chi connectivity index (χ3n) is 5.90. The summed E-state index contributed by atoms with van der Waals surface area (Å²) in [5.41, 5.74) is 3.34. The van der Waals surface area contributed by atoms with Crippen LogP contribution in [0.4, 0.5) is 0 Å². The van der Waals surface area contributed by atoms with Crippen LogP contribution < -0.4 is 0 Å². The van der Waals surface area contributed by atoms with Crippen LogP contribution in [0.1, 0.15) is 30.5 Å². The van der Waals surface area contributed by atoms with E-state index >= 15 is 0 Å². The molecule has 2 aromatic carbocycles. The molecule has 0 radical (unpaired) electrons. The summed E-state index contributed by atoms with van der Waals surface area (Å²) in [6.45, 7) is 5.84. The second kappa shape index (κ2) is 8.04. The highest BCUT2D eigenvalue weighted by atomic mass is 16.8. The molecule has 3 heterocycles. The standard InChI is InChI=1S/C24H28O6/c1-23(2)29-16-24(30-23)22-21(26-13-18-10-6-7-11-19(18)14-27-22)20(15-28-24)25-12-17-8-4-3-5-9-17/h3-11,20-22H,12-16H2,1-2H3/t20-,21-,22+,24+/m1/s1. The Balaban J connectivity index is 1.41. The van der Waals surface area contributed by atoms with E-state index in [1.165, 1.54) is 0 Å². The van der Waals surface area contributed by atoms with Crippen molar-refractivity contribution in [3.8, 4) is 0 Å². The first kappa shape index (κ1) is 20.1. The van der Waals surface area contributed by atoms with E-state index in [9.17, 15) is 0 Å². The molecule has 3 aliphatic rings. The summed E-state index contributed by atoms with van der Waals surface area (Å²) in [7, 11) is 0. The first-order valence-electron chi connectivity index (χ1n) is 10.5. The summed E-state index contributed by atoms with van der Waals surface area (Å²) in [4.78, 5) is 0. The van der Waals surface area contributed by atoms with Crippen LogP contribution in [0.2, 0.25) is 0 Å². The fourth-order valence-corrected chi connectivity index (χ4v) is 4.35. The Labute approximate surface area is 177 Å². The van der Waals surface area contributed by atoms with Crippen LogP contribution >= 0.6 is 0 Å². The number of ether oxygens (including phenoxy) is 6. The van der Waals surface area contributed by atoms with Gasteiger partial charge in [-0.15, -0.1) is 0 Å². The number of rotatable bonds is 3. The lowest BCUT2D eigenvalue weighted by atomic mass is 9.95. The van der Waals surface area contributed by atoms with Gasteiger partial charge in [-0.2, -0.15) is 0 Å². The maximum Gasteiger partial charge on any atom is 0.224 e. The van der Waals surface area contributed by atoms with Crippen LogP contribution in [0.5, 0.6) is 0 Å². The van der Waals surface area contributed by atoms with E-state index in [0.717, 1.165) is 16.7 Å². The van der Waals surface area contributed by atoms with Crippen molar-refractivity contribution in [2.45, 2.75) is 63.6 Å². The van der Waals surface area contributed by atoms with Crippen LogP contribution in [0.15, 0.2) is 54.6 Å². The molecule has 2 aromatic rings. The highest BCUT2D eigenvalue weighted by Gasteiger charge is 2.60. The van der Waals surface area contributed by atoms with Gasteiger partial charge in [-0.1, -0.05) is 54.6 Å². The molecule has 0 aliphatic carbocycles. The highest BCUT2D eigenvalue weighted by molar-refractivity contribution is 5.26. The van der Waals surface area contributed by atoms with Gasteiger partial charge in [0.1, 0.15) is 24.9 Å². The topological polar surface area (TPSA) is 55.4 Å². The molecule has 1 spiro atoms. The van der Waals surface area contributed by atoms with Crippen molar-refractivity contribution in [2.24, 2.45) is 0 Å². The molecular formula is C24H28O6. The zero-order chi connectivity index (χ0) is 20.6. The minimum Gasteiger partial charge on any atom is -0.368 e. The third-order valence-corrected chi connectivity index (χ3v) is 5.90. The van der Waals surface area contributed by atoms with Gasteiger partial charge >= 0.3 is 0 Å². The molecule has 3 aliphatic heterocycles. The summed E-state index contributed by atoms with van der Waals surface area (Å²) >= 11 is 0. The Morgan fingerprint density at radius 1 is 0.900 bits per heavy atom. The number of hydrogen-bond acceptors (Lipinski definition) is 6. The van der Waals surface area contributed by atoms with E-state index in [2.05, 4.69) is 12.1 Å². The van der Waals surface area contributed by atoms with Crippen molar-refractivity contribution in [1.29, 1.82) is 0 Å². The monoisotopic (exact) mass is 412 g/mol. The highest BCUT2D eigenvalue weighted by Crippen LogP contribution is 2.42. The van der Waals surface area contributed by atoms with Gasteiger partial charge in [0.05, 0.1) is 26.4 Å². The summed E-state index contributed by atoms with van der Waals surface area (Å²) < 4.78 is 37.4. The Bertz CT molecular complexity index is 869.